The van der Waals surface area contributed by atoms with Gasteiger partial charge in [0, 0.05) is 29.8 Å². The van der Waals surface area contributed by atoms with E-state index in [-0.39, 0.29) is 35.6 Å². The summed E-state index contributed by atoms with van der Waals surface area (Å²) in [6.07, 6.45) is 2.86. The molecule has 0 unspecified atom stereocenters. The van der Waals surface area contributed by atoms with Crippen LogP contribution in [-0.2, 0) is 4.79 Å². The number of benzene rings is 1. The van der Waals surface area contributed by atoms with Gasteiger partial charge in [-0.15, -0.1) is 0 Å². The third kappa shape index (κ3) is 2.83. The Morgan fingerprint density at radius 2 is 2.15 bits per heavy atom. The number of para-hydroxylation sites is 1. The van der Waals surface area contributed by atoms with E-state index in [9.17, 15) is 14.7 Å². The van der Waals surface area contributed by atoms with Crippen LogP contribution >= 0.6 is 11.8 Å². The van der Waals surface area contributed by atoms with Crippen LogP contribution in [-0.4, -0.2) is 46.3 Å². The van der Waals surface area contributed by atoms with E-state index in [0.29, 0.717) is 23.5 Å². The maximum Gasteiger partial charge on any atom is 0.258 e. The number of amides is 2. The van der Waals surface area contributed by atoms with Gasteiger partial charge in [0.25, 0.3) is 5.91 Å². The van der Waals surface area contributed by atoms with Crippen LogP contribution in [0.5, 0.6) is 5.75 Å². The Kier molecular flexibility index (Phi) is 4.13. The molecular weight excluding hydrogens is 364 g/mol. The summed E-state index contributed by atoms with van der Waals surface area (Å²) in [5, 5.41) is 16.2. The summed E-state index contributed by atoms with van der Waals surface area (Å²) in [4.78, 5) is 25.5. The molecule has 3 N–H and O–H groups in total. The summed E-state index contributed by atoms with van der Waals surface area (Å²) >= 11 is 1.67. The Bertz CT molecular complexity index is 787. The van der Waals surface area contributed by atoms with Gasteiger partial charge in [-0.1, -0.05) is 12.1 Å². The van der Waals surface area contributed by atoms with E-state index in [1.54, 1.807) is 17.8 Å². The standard InChI is InChI=1S/C20H24N2O4S/c23-16-10-27-9-15(16)21-18(24)14-7-12-6-5-11(14)8-20(12)22-19(25)13-3-1-2-4-17(13)26-20/h1-4,11-12,14-16,23H,5-10H2,(H,21,24)(H,22,25)/t11-,12+,14-,15+,16-,20-/m0/s1. The van der Waals surface area contributed by atoms with E-state index in [2.05, 4.69) is 10.6 Å². The lowest BCUT2D eigenvalue weighted by Gasteiger charge is -2.55. The molecule has 1 aromatic carbocycles. The van der Waals surface area contributed by atoms with E-state index in [0.717, 1.165) is 25.0 Å². The number of fused-ring (bicyclic) bond motifs is 3. The summed E-state index contributed by atoms with van der Waals surface area (Å²) < 4.78 is 6.34. The smallest absolute Gasteiger partial charge is 0.258 e. The lowest BCUT2D eigenvalue weighted by molar-refractivity contribution is -0.147. The van der Waals surface area contributed by atoms with Crippen LogP contribution in [0.3, 0.4) is 0 Å². The molecule has 27 heavy (non-hydrogen) atoms. The predicted molar refractivity (Wildman–Crippen MR) is 101 cm³/mol. The fraction of sp³-hybridized carbons (Fsp3) is 0.600. The second-order valence-corrected chi connectivity index (χ2v) is 9.32. The van der Waals surface area contributed by atoms with Gasteiger partial charge < -0.3 is 20.5 Å². The zero-order chi connectivity index (χ0) is 18.6. The molecule has 2 aliphatic heterocycles. The molecule has 2 amide bonds. The monoisotopic (exact) mass is 388 g/mol. The third-order valence-electron chi connectivity index (χ3n) is 6.68. The Labute approximate surface area is 162 Å². The van der Waals surface area contributed by atoms with Gasteiger partial charge in [0.2, 0.25) is 5.91 Å². The minimum atomic E-state index is -0.687. The molecule has 6 rings (SSSR count). The average Bonchev–Trinajstić information content (AvgIpc) is 3.06. The predicted octanol–water partition coefficient (Wildman–Crippen LogP) is 1.53. The summed E-state index contributed by atoms with van der Waals surface area (Å²) in [6, 6.07) is 7.20. The van der Waals surface area contributed by atoms with Crippen LogP contribution in [0.2, 0.25) is 0 Å². The molecule has 0 aromatic heterocycles. The molecule has 6 nitrogen and oxygen atoms in total. The Hall–Kier alpha value is -1.73. The second kappa shape index (κ2) is 6.41. The van der Waals surface area contributed by atoms with E-state index in [1.807, 2.05) is 18.2 Å². The number of carbonyl (C=O) groups excluding carboxylic acids is 2. The lowest BCUT2D eigenvalue weighted by Crippen LogP contribution is -2.67. The number of rotatable bonds is 2. The number of thioether (sulfide) groups is 1. The molecule has 4 fully saturated rings. The van der Waals surface area contributed by atoms with Gasteiger partial charge in [-0.25, -0.2) is 0 Å². The van der Waals surface area contributed by atoms with E-state index in [4.69, 9.17) is 4.74 Å². The molecule has 1 aromatic rings. The minimum Gasteiger partial charge on any atom is -0.467 e. The van der Waals surface area contributed by atoms with Crippen LogP contribution in [0.4, 0.5) is 0 Å². The van der Waals surface area contributed by atoms with Crippen molar-refractivity contribution in [1.29, 1.82) is 0 Å². The Morgan fingerprint density at radius 3 is 2.89 bits per heavy atom. The molecule has 0 radical (unpaired) electrons. The molecule has 144 valence electrons. The number of hydrogen-bond acceptors (Lipinski definition) is 5. The number of carbonyl (C=O) groups is 2. The molecule has 2 bridgehead atoms. The highest BCUT2D eigenvalue weighted by atomic mass is 32.2. The molecule has 3 saturated carbocycles. The minimum absolute atomic E-state index is 0.0497. The van der Waals surface area contributed by atoms with E-state index < -0.39 is 11.8 Å². The molecule has 1 saturated heterocycles. The van der Waals surface area contributed by atoms with Gasteiger partial charge in [0.05, 0.1) is 17.7 Å². The van der Waals surface area contributed by atoms with Gasteiger partial charge >= 0.3 is 0 Å². The van der Waals surface area contributed by atoms with Crippen LogP contribution < -0.4 is 15.4 Å². The van der Waals surface area contributed by atoms with Crippen molar-refractivity contribution in [1.82, 2.24) is 10.6 Å². The second-order valence-electron chi connectivity index (χ2n) is 8.24. The topological polar surface area (TPSA) is 87.7 Å². The van der Waals surface area contributed by atoms with Crippen molar-refractivity contribution in [2.24, 2.45) is 17.8 Å². The Morgan fingerprint density at radius 1 is 1.30 bits per heavy atom. The summed E-state index contributed by atoms with van der Waals surface area (Å²) in [7, 11) is 0. The first-order valence-corrected chi connectivity index (χ1v) is 10.9. The normalized spacial score (nSPS) is 39.6. The molecule has 5 aliphatic rings. The fourth-order valence-electron chi connectivity index (χ4n) is 5.25. The number of aliphatic hydroxyl groups is 1. The maximum absolute atomic E-state index is 12.9. The van der Waals surface area contributed by atoms with Crippen molar-refractivity contribution >= 4 is 23.6 Å². The zero-order valence-electron chi connectivity index (χ0n) is 15.0. The summed E-state index contributed by atoms with van der Waals surface area (Å²) in [5.41, 5.74) is -0.111. The molecule has 7 heteroatoms. The zero-order valence-corrected chi connectivity index (χ0v) is 15.8. The van der Waals surface area contributed by atoms with Gasteiger partial charge in [-0.3, -0.25) is 9.59 Å². The average molecular weight is 388 g/mol. The van der Waals surface area contributed by atoms with Gasteiger partial charge in [-0.2, -0.15) is 11.8 Å². The van der Waals surface area contributed by atoms with Crippen molar-refractivity contribution in [2.75, 3.05) is 11.5 Å². The highest BCUT2D eigenvalue weighted by Crippen LogP contribution is 2.52. The van der Waals surface area contributed by atoms with Crippen LogP contribution in [0, 0.1) is 17.8 Å². The molecule has 2 heterocycles. The summed E-state index contributed by atoms with van der Waals surface area (Å²) in [6.45, 7) is 0. The number of nitrogens with one attached hydrogen (secondary N) is 2. The SMILES string of the molecule is O=C1N[C@@]2(C[C@@H]3CC[C@@H]2C[C@@H]3C(=O)N[C@@H]2CSC[C@@H]2O)Oc2ccccc21. The quantitative estimate of drug-likeness (QED) is 0.715. The number of ether oxygens (including phenoxy) is 1. The molecule has 6 atom stereocenters. The van der Waals surface area contributed by atoms with Gasteiger partial charge in [-0.05, 0) is 37.3 Å². The van der Waals surface area contributed by atoms with Crippen LogP contribution in [0.15, 0.2) is 24.3 Å². The first-order chi connectivity index (χ1) is 13.1. The van der Waals surface area contributed by atoms with Crippen molar-refractivity contribution in [3.63, 3.8) is 0 Å². The van der Waals surface area contributed by atoms with Gasteiger partial charge in [0.15, 0.2) is 5.72 Å². The maximum atomic E-state index is 12.9. The molecular formula is C20H24N2O4S. The first-order valence-electron chi connectivity index (χ1n) is 9.72. The van der Waals surface area contributed by atoms with Gasteiger partial charge in [0.1, 0.15) is 5.75 Å². The van der Waals surface area contributed by atoms with E-state index in [1.165, 1.54) is 0 Å². The summed E-state index contributed by atoms with van der Waals surface area (Å²) in [5.74, 6) is 2.30. The third-order valence-corrected chi connectivity index (χ3v) is 7.85. The van der Waals surface area contributed by atoms with Crippen molar-refractivity contribution in [3.05, 3.63) is 29.8 Å². The highest BCUT2D eigenvalue weighted by molar-refractivity contribution is 7.99. The van der Waals surface area contributed by atoms with Crippen molar-refractivity contribution in [2.45, 2.75) is 43.6 Å². The number of aliphatic hydroxyl groups excluding tert-OH is 1. The number of hydrogen-bond donors (Lipinski definition) is 3. The largest absolute Gasteiger partial charge is 0.467 e. The van der Waals surface area contributed by atoms with Crippen LogP contribution in [0.1, 0.15) is 36.0 Å². The Balaban J connectivity index is 1.33. The van der Waals surface area contributed by atoms with Crippen molar-refractivity contribution < 1.29 is 19.4 Å². The lowest BCUT2D eigenvalue weighted by atomic mass is 9.60. The van der Waals surface area contributed by atoms with Crippen molar-refractivity contribution in [3.8, 4) is 5.75 Å². The van der Waals surface area contributed by atoms with E-state index >= 15 is 0 Å². The molecule has 3 aliphatic carbocycles. The first kappa shape index (κ1) is 17.4. The fourth-order valence-corrected chi connectivity index (χ4v) is 6.42. The molecule has 1 spiro atoms. The highest BCUT2D eigenvalue weighted by Gasteiger charge is 2.57. The van der Waals surface area contributed by atoms with Crippen LogP contribution in [0.25, 0.3) is 0 Å².